The topological polar surface area (TPSA) is 162 Å². The van der Waals surface area contributed by atoms with Gasteiger partial charge in [0.25, 0.3) is 0 Å². The van der Waals surface area contributed by atoms with Crippen molar-refractivity contribution < 1.29 is 38.4 Å². The molecule has 0 unspecified atom stereocenters. The van der Waals surface area contributed by atoms with E-state index in [1.165, 1.54) is 0 Å². The third-order valence-electron chi connectivity index (χ3n) is 16.2. The van der Waals surface area contributed by atoms with E-state index in [1.54, 1.807) is 0 Å². The summed E-state index contributed by atoms with van der Waals surface area (Å²) in [5.74, 6) is 5.05. The maximum absolute atomic E-state index is 12.0. The minimum absolute atomic E-state index is 0.100. The zero-order chi connectivity index (χ0) is 63.3. The van der Waals surface area contributed by atoms with E-state index in [9.17, 15) is 38.4 Å². The molecule has 4 rings (SSSR count). The quantitative estimate of drug-likeness (QED) is 0.0587. The molecule has 0 aromatic heterocycles. The fraction of sp³-hybridized carbons (Fsp3) is 0.882. The molecule has 0 spiro atoms. The largest absolute Gasteiger partial charge is 0.340 e. The number of carbonyl (C=O) groups is 8. The summed E-state index contributed by atoms with van der Waals surface area (Å²) in [6, 6.07) is 0. The van der Waals surface area contributed by atoms with Gasteiger partial charge in [0.05, 0.1) is 0 Å². The molecule has 0 aromatic carbocycles. The van der Waals surface area contributed by atoms with E-state index in [0.717, 1.165) is 208 Å². The second kappa shape index (κ2) is 44.8. The molecule has 0 aliphatic carbocycles. The van der Waals surface area contributed by atoms with Crippen molar-refractivity contribution in [2.75, 3.05) is 131 Å². The van der Waals surface area contributed by atoms with Crippen LogP contribution in [0.1, 0.15) is 214 Å². The highest BCUT2D eigenvalue weighted by molar-refractivity contribution is 5.81. The van der Waals surface area contributed by atoms with Gasteiger partial charge in [0.1, 0.15) is 23.1 Å². The maximum Gasteiger partial charge on any atom is 0.225 e. The molecule has 4 amide bonds. The lowest BCUT2D eigenvalue weighted by atomic mass is 10.0. The molecular formula is C68H128N8O8. The highest BCUT2D eigenvalue weighted by Crippen LogP contribution is 2.15. The van der Waals surface area contributed by atoms with Crippen LogP contribution in [0.25, 0.3) is 0 Å². The Morgan fingerprint density at radius 2 is 0.488 bits per heavy atom. The van der Waals surface area contributed by atoms with Crippen LogP contribution in [0, 0.1) is 47.3 Å². The molecule has 4 heterocycles. The van der Waals surface area contributed by atoms with E-state index in [2.05, 4.69) is 75.0 Å². The molecule has 4 aliphatic rings. The van der Waals surface area contributed by atoms with Crippen molar-refractivity contribution in [1.82, 2.24) is 39.2 Å². The van der Waals surface area contributed by atoms with Crippen LogP contribution in [-0.4, -0.2) is 217 Å². The summed E-state index contributed by atoms with van der Waals surface area (Å²) in [6.45, 7) is 51.3. The molecule has 0 atom stereocenters. The number of piperazine rings is 4. The lowest BCUT2D eigenvalue weighted by Crippen LogP contribution is -2.49. The SMILES string of the molecule is CC(C)C(=O)CCCCN1CCN(C(=O)C(C)C)CC1.CC(C)CC(=O)CCCCN1CCN(C(=O)C(C)C)CC1.CC(C)CC(=O)CCCCN1CCN(C(=O)CC(C)C)CC1.CC(C)CC(=O)N1CCN(CCCCC(=O)C(C)C)CC1. The highest BCUT2D eigenvalue weighted by atomic mass is 16.2. The van der Waals surface area contributed by atoms with E-state index in [1.807, 2.05) is 75.0 Å². The standard InChI is InChI=1S/C18H34N2O2.2C17H32N2O2.C16H30N2O2/c1-15(2)13-17(21)7-5-6-8-19-9-11-20(12-10-19)18(22)14-16(3)4;1-14(2)13-17(21)19-11-9-18(10-12-19)8-6-5-7-16(20)15(3)4;1-14(2)13-16(20)7-5-6-8-18-9-11-19(12-10-18)17(21)15(3)4;1-13(2)15(19)7-5-6-8-17-9-11-18(12-10-17)16(20)14(3)4/h15-16H,5-14H2,1-4H3;2*14-15H,5-13H2,1-4H3;13-14H,5-12H2,1-4H3. The van der Waals surface area contributed by atoms with Crippen LogP contribution in [0.5, 0.6) is 0 Å². The normalized spacial score (nSPS) is 16.8. The Labute approximate surface area is 514 Å². The van der Waals surface area contributed by atoms with Crippen molar-refractivity contribution in [3.63, 3.8) is 0 Å². The Hall–Kier alpha value is -3.60. The Balaban J connectivity index is 0.000000560. The van der Waals surface area contributed by atoms with Crippen molar-refractivity contribution >= 4 is 46.8 Å². The van der Waals surface area contributed by atoms with Gasteiger partial charge < -0.3 is 19.6 Å². The van der Waals surface area contributed by atoms with Gasteiger partial charge in [-0.3, -0.25) is 58.0 Å². The summed E-state index contributed by atoms with van der Waals surface area (Å²) >= 11 is 0. The van der Waals surface area contributed by atoms with Crippen LogP contribution in [0.4, 0.5) is 0 Å². The third kappa shape index (κ3) is 37.2. The van der Waals surface area contributed by atoms with Crippen molar-refractivity contribution in [3.05, 3.63) is 0 Å². The zero-order valence-corrected chi connectivity index (χ0v) is 56.9. The van der Waals surface area contributed by atoms with Gasteiger partial charge in [0.2, 0.25) is 23.6 Å². The molecule has 0 radical (unpaired) electrons. The second-order valence-corrected chi connectivity index (χ2v) is 27.6. The van der Waals surface area contributed by atoms with Gasteiger partial charge in [-0.15, -0.1) is 0 Å². The van der Waals surface area contributed by atoms with E-state index in [0.29, 0.717) is 84.3 Å². The van der Waals surface area contributed by atoms with Crippen molar-refractivity contribution in [1.29, 1.82) is 0 Å². The van der Waals surface area contributed by atoms with Crippen LogP contribution < -0.4 is 0 Å². The van der Waals surface area contributed by atoms with Gasteiger partial charge in [-0.25, -0.2) is 0 Å². The van der Waals surface area contributed by atoms with Crippen LogP contribution in [-0.2, 0) is 38.4 Å². The number of Topliss-reactive ketones (excluding diaryl/α,β-unsaturated/α-hetero) is 4. The van der Waals surface area contributed by atoms with Gasteiger partial charge in [0.15, 0.2) is 0 Å². The number of unbranched alkanes of at least 4 members (excludes halogenated alkanes) is 4. The summed E-state index contributed by atoms with van der Waals surface area (Å²) in [5.41, 5.74) is 0. The molecule has 84 heavy (non-hydrogen) atoms. The monoisotopic (exact) mass is 1180 g/mol. The van der Waals surface area contributed by atoms with Crippen LogP contribution >= 0.6 is 0 Å². The number of ketones is 4. The van der Waals surface area contributed by atoms with E-state index in [-0.39, 0.29) is 35.5 Å². The molecule has 488 valence electrons. The predicted molar refractivity (Wildman–Crippen MR) is 345 cm³/mol. The first-order valence-corrected chi connectivity index (χ1v) is 33.7. The molecule has 0 saturated carbocycles. The van der Waals surface area contributed by atoms with Crippen molar-refractivity contribution in [2.24, 2.45) is 47.3 Å². The smallest absolute Gasteiger partial charge is 0.225 e. The summed E-state index contributed by atoms with van der Waals surface area (Å²) in [4.78, 5) is 112. The number of carbonyl (C=O) groups excluding carboxylic acids is 8. The molecule has 0 bridgehead atoms. The number of hydrogen-bond donors (Lipinski definition) is 0. The lowest BCUT2D eigenvalue weighted by molar-refractivity contribution is -0.136. The van der Waals surface area contributed by atoms with Gasteiger partial charge in [0, 0.05) is 180 Å². The highest BCUT2D eigenvalue weighted by Gasteiger charge is 2.26. The fourth-order valence-corrected chi connectivity index (χ4v) is 10.8. The number of nitrogens with zero attached hydrogens (tertiary/aromatic N) is 8. The Morgan fingerprint density at radius 3 is 0.702 bits per heavy atom. The van der Waals surface area contributed by atoms with E-state index in [4.69, 9.17) is 0 Å². The minimum Gasteiger partial charge on any atom is -0.340 e. The Kier molecular flexibility index (Phi) is 41.8. The van der Waals surface area contributed by atoms with Crippen LogP contribution in [0.2, 0.25) is 0 Å². The molecule has 4 fully saturated rings. The molecule has 4 saturated heterocycles. The lowest BCUT2D eigenvalue weighted by Gasteiger charge is -2.35. The third-order valence-corrected chi connectivity index (χ3v) is 16.2. The Morgan fingerprint density at radius 1 is 0.262 bits per heavy atom. The second-order valence-electron chi connectivity index (χ2n) is 27.6. The van der Waals surface area contributed by atoms with E-state index < -0.39 is 0 Å². The molecular weight excluding hydrogens is 1060 g/mol. The van der Waals surface area contributed by atoms with Gasteiger partial charge >= 0.3 is 0 Å². The van der Waals surface area contributed by atoms with Gasteiger partial charge in [-0.1, -0.05) is 111 Å². The fourth-order valence-electron chi connectivity index (χ4n) is 10.8. The summed E-state index contributed by atoms with van der Waals surface area (Å²) in [7, 11) is 0. The van der Waals surface area contributed by atoms with Gasteiger partial charge in [-0.2, -0.15) is 0 Å². The summed E-state index contributed by atoms with van der Waals surface area (Å²) in [5, 5.41) is 0. The summed E-state index contributed by atoms with van der Waals surface area (Å²) < 4.78 is 0. The molecule has 0 N–H and O–H groups in total. The molecule has 16 heteroatoms. The van der Waals surface area contributed by atoms with Crippen LogP contribution in [0.15, 0.2) is 0 Å². The van der Waals surface area contributed by atoms with Crippen molar-refractivity contribution in [2.45, 2.75) is 214 Å². The first-order chi connectivity index (χ1) is 39.6. The van der Waals surface area contributed by atoms with Crippen LogP contribution in [0.3, 0.4) is 0 Å². The van der Waals surface area contributed by atoms with Crippen molar-refractivity contribution in [3.8, 4) is 0 Å². The maximum atomic E-state index is 12.0. The average Bonchev–Trinajstić information content (AvgIpc) is 3.63. The van der Waals surface area contributed by atoms with Gasteiger partial charge in [-0.05, 0) is 101 Å². The number of rotatable bonds is 32. The first-order valence-electron chi connectivity index (χ1n) is 33.7. The first kappa shape index (κ1) is 78.4. The Bertz CT molecular complexity index is 1850. The van der Waals surface area contributed by atoms with E-state index >= 15 is 0 Å². The average molecular weight is 1190 g/mol. The minimum atomic E-state index is 0.100. The predicted octanol–water partition coefficient (Wildman–Crippen LogP) is 10.3. The number of hydrogen-bond acceptors (Lipinski definition) is 12. The summed E-state index contributed by atoms with van der Waals surface area (Å²) in [6.07, 6.45) is 14.0. The zero-order valence-electron chi connectivity index (χ0n) is 56.9. The molecule has 0 aromatic rings. The molecule has 16 nitrogen and oxygen atoms in total. The number of amides is 4. The molecule has 4 aliphatic heterocycles.